The maximum absolute atomic E-state index is 9.37. The van der Waals surface area contributed by atoms with E-state index in [2.05, 4.69) is 0 Å². The van der Waals surface area contributed by atoms with Gasteiger partial charge in [-0.15, -0.1) is 0 Å². The lowest BCUT2D eigenvalue weighted by Gasteiger charge is -1.94. The van der Waals surface area contributed by atoms with Crippen LogP contribution in [0.3, 0.4) is 0 Å². The van der Waals surface area contributed by atoms with Gasteiger partial charge in [0.25, 0.3) is 0 Å². The monoisotopic (exact) mass is 125 g/mol. The van der Waals surface area contributed by atoms with Crippen LogP contribution in [0.4, 0.5) is 0 Å². The van der Waals surface area contributed by atoms with Crippen molar-refractivity contribution in [2.24, 2.45) is 0 Å². The van der Waals surface area contributed by atoms with Crippen LogP contribution in [0.2, 0.25) is 0 Å². The minimum absolute atomic E-state index is 0.258. The van der Waals surface area contributed by atoms with Crippen LogP contribution in [0.1, 0.15) is 0 Å². The average Bonchev–Trinajstić information content (AvgIpc) is 1.30. The second kappa shape index (κ2) is 2.33. The van der Waals surface area contributed by atoms with Gasteiger partial charge >= 0.3 is 7.94 Å². The van der Waals surface area contributed by atoms with Gasteiger partial charge in [0, 0.05) is 0 Å². The molecule has 0 aromatic carbocycles. The van der Waals surface area contributed by atoms with Crippen LogP contribution < -0.4 is 0 Å². The lowest BCUT2D eigenvalue weighted by Crippen LogP contribution is -1.94. The fourth-order valence-electron chi connectivity index (χ4n) is 0.100. The molecule has 0 aromatic rings. The first-order valence-electron chi connectivity index (χ1n) is 1.56. The van der Waals surface area contributed by atoms with E-state index in [1.165, 1.54) is 0 Å². The van der Waals surface area contributed by atoms with Gasteiger partial charge in [0.2, 0.25) is 0 Å². The third-order valence-corrected chi connectivity index (χ3v) is 0.958. The minimum Gasteiger partial charge on any atom is -0.299 e. The molecule has 0 saturated heterocycles. The van der Waals surface area contributed by atoms with Gasteiger partial charge in [-0.25, -0.2) is 0 Å². The van der Waals surface area contributed by atoms with E-state index in [-0.39, 0.29) is 6.29 Å². The third-order valence-electron chi connectivity index (χ3n) is 0.319. The average molecular weight is 125 g/mol. The molecule has 0 fully saturated rings. The fourth-order valence-corrected chi connectivity index (χ4v) is 0.300. The molecule has 0 spiro atoms. The largest absolute Gasteiger partial charge is 0.411 e. The summed E-state index contributed by atoms with van der Waals surface area (Å²) in [5.41, 5.74) is 0. The molecule has 7 heavy (non-hydrogen) atoms. The van der Waals surface area contributed by atoms with Gasteiger partial charge in [0.1, 0.15) is 0 Å². The normalized spacial score (nSPS) is 11.3. The van der Waals surface area contributed by atoms with Gasteiger partial charge in [-0.05, 0) is 0 Å². The van der Waals surface area contributed by atoms with Crippen molar-refractivity contribution in [2.45, 2.75) is 0 Å². The molecule has 3 N–H and O–H groups in total. The Labute approximate surface area is 41.0 Å². The third kappa shape index (κ3) is 5.98. The smallest absolute Gasteiger partial charge is 0.299 e. The highest BCUT2D eigenvalue weighted by Gasteiger charge is 2.27. The summed E-state index contributed by atoms with van der Waals surface area (Å²) in [6.07, 6.45) is -0.305. The van der Waals surface area contributed by atoms with Crippen LogP contribution in [0.5, 0.6) is 0 Å². The zero-order valence-corrected chi connectivity index (χ0v) is 4.38. The Morgan fingerprint density at radius 1 is 1.43 bits per heavy atom. The molecule has 0 rings (SSSR count). The summed E-state index contributed by atoms with van der Waals surface area (Å²) < 4.78 is 0. The Kier molecular flexibility index (Phi) is 2.32. The molecule has 0 amide bonds. The van der Waals surface area contributed by atoms with Crippen molar-refractivity contribution in [3.05, 3.63) is 0 Å². The number of carbonyl (C=O) groups is 1. The first kappa shape index (κ1) is 6.98. The van der Waals surface area contributed by atoms with Gasteiger partial charge < -0.3 is 0 Å². The maximum atomic E-state index is 9.37. The summed E-state index contributed by atoms with van der Waals surface area (Å²) in [5, 5.41) is 0. The molecule has 42 valence electrons. The van der Waals surface area contributed by atoms with E-state index in [0.717, 1.165) is 0 Å². The standard InChI is InChI=1S/C2H6O4P/c3-1-2-7(4,5)6/h1,4-6H,2H2/q+1. The number of rotatable bonds is 2. The van der Waals surface area contributed by atoms with E-state index < -0.39 is 14.1 Å². The predicted octanol–water partition coefficient (Wildman–Crippen LogP) is -1.08. The van der Waals surface area contributed by atoms with E-state index in [0.29, 0.717) is 0 Å². The van der Waals surface area contributed by atoms with E-state index in [1.807, 2.05) is 0 Å². The van der Waals surface area contributed by atoms with E-state index in [1.54, 1.807) is 0 Å². The predicted molar refractivity (Wildman–Crippen MR) is 24.5 cm³/mol. The van der Waals surface area contributed by atoms with Crippen LogP contribution in [0, 0.1) is 0 Å². The van der Waals surface area contributed by atoms with Crippen LogP contribution in [0.15, 0.2) is 0 Å². The molecule has 0 atom stereocenters. The maximum Gasteiger partial charge on any atom is 0.411 e. The summed E-state index contributed by atoms with van der Waals surface area (Å²) in [6.45, 7) is 0. The zero-order valence-electron chi connectivity index (χ0n) is 3.48. The first-order valence-corrected chi connectivity index (χ1v) is 3.39. The molecule has 0 unspecified atom stereocenters. The first-order chi connectivity index (χ1) is 3.06. The van der Waals surface area contributed by atoms with Crippen molar-refractivity contribution in [2.75, 3.05) is 6.16 Å². The number of carbonyl (C=O) groups excluding carboxylic acids is 1. The molecule has 0 heterocycles. The Morgan fingerprint density at radius 2 is 1.86 bits per heavy atom. The molecule has 0 saturated carbocycles. The van der Waals surface area contributed by atoms with Crippen molar-refractivity contribution in [1.82, 2.24) is 0 Å². The van der Waals surface area contributed by atoms with Crippen molar-refractivity contribution >= 4 is 14.2 Å². The quantitative estimate of drug-likeness (QED) is 0.324. The summed E-state index contributed by atoms with van der Waals surface area (Å²) >= 11 is 0. The molecule has 5 heteroatoms. The van der Waals surface area contributed by atoms with Gasteiger partial charge in [0.15, 0.2) is 12.4 Å². The minimum atomic E-state index is -3.78. The topological polar surface area (TPSA) is 77.8 Å². The lowest BCUT2D eigenvalue weighted by atomic mass is 10.9. The van der Waals surface area contributed by atoms with Crippen LogP contribution in [-0.4, -0.2) is 27.1 Å². The van der Waals surface area contributed by atoms with Crippen molar-refractivity contribution < 1.29 is 19.5 Å². The highest BCUT2D eigenvalue weighted by molar-refractivity contribution is 7.59. The molecular weight excluding hydrogens is 119 g/mol. The molecule has 0 radical (unpaired) electrons. The van der Waals surface area contributed by atoms with Crippen molar-refractivity contribution in [3.63, 3.8) is 0 Å². The Bertz CT molecular complexity index is 64.6. The fraction of sp³-hybridized carbons (Fsp3) is 0.500. The Morgan fingerprint density at radius 3 is 1.86 bits per heavy atom. The van der Waals surface area contributed by atoms with Gasteiger partial charge in [-0.3, -0.25) is 4.79 Å². The number of hydrogen-bond acceptors (Lipinski definition) is 4. The molecule has 0 aliphatic heterocycles. The molecular formula is C2H6O4P+. The Hall–Kier alpha value is -0.0200. The van der Waals surface area contributed by atoms with Gasteiger partial charge in [-0.1, -0.05) is 0 Å². The van der Waals surface area contributed by atoms with Crippen LogP contribution in [0.25, 0.3) is 0 Å². The lowest BCUT2D eigenvalue weighted by molar-refractivity contribution is -0.106. The van der Waals surface area contributed by atoms with Gasteiger partial charge in [-0.2, -0.15) is 14.7 Å². The van der Waals surface area contributed by atoms with Gasteiger partial charge in [0.05, 0.1) is 0 Å². The summed E-state index contributed by atoms with van der Waals surface area (Å²) in [7, 11) is -3.78. The van der Waals surface area contributed by atoms with E-state index >= 15 is 0 Å². The summed E-state index contributed by atoms with van der Waals surface area (Å²) in [6, 6.07) is 0. The highest BCUT2D eigenvalue weighted by atomic mass is 31.2. The molecule has 0 bridgehead atoms. The van der Waals surface area contributed by atoms with Crippen molar-refractivity contribution in [1.29, 1.82) is 0 Å². The SMILES string of the molecule is O=CC[P+](O)(O)O. The summed E-state index contributed by atoms with van der Waals surface area (Å²) in [5.74, 6) is 0. The highest BCUT2D eigenvalue weighted by Crippen LogP contribution is 2.42. The molecule has 4 nitrogen and oxygen atoms in total. The van der Waals surface area contributed by atoms with E-state index in [9.17, 15) is 4.79 Å². The molecule has 0 aliphatic carbocycles. The molecule has 0 aliphatic rings. The second-order valence-corrected chi connectivity index (χ2v) is 2.79. The second-order valence-electron chi connectivity index (χ2n) is 1.04. The number of hydrogen-bond donors (Lipinski definition) is 3. The number of aldehydes is 1. The molecule has 0 aromatic heterocycles. The summed E-state index contributed by atoms with van der Waals surface area (Å²) in [4.78, 5) is 33.4. The van der Waals surface area contributed by atoms with E-state index in [4.69, 9.17) is 14.7 Å². The van der Waals surface area contributed by atoms with Crippen molar-refractivity contribution in [3.8, 4) is 0 Å². The van der Waals surface area contributed by atoms with Crippen LogP contribution in [-0.2, 0) is 4.79 Å². The zero-order chi connectivity index (χ0) is 5.91. The van der Waals surface area contributed by atoms with Crippen LogP contribution >= 0.6 is 7.94 Å². The Balaban J connectivity index is 3.34.